The summed E-state index contributed by atoms with van der Waals surface area (Å²) in [5, 5.41) is 11.4. The van der Waals surface area contributed by atoms with Crippen LogP contribution in [-0.4, -0.2) is 27.6 Å². The molecule has 0 aromatic carbocycles. The average molecular weight is 210 g/mol. The van der Waals surface area contributed by atoms with Crippen LogP contribution >= 0.6 is 0 Å². The van der Waals surface area contributed by atoms with Crippen LogP contribution in [0.15, 0.2) is 6.20 Å². The highest BCUT2D eigenvalue weighted by molar-refractivity contribution is 4.93. The molecule has 0 spiro atoms. The molecule has 1 unspecified atom stereocenters. The van der Waals surface area contributed by atoms with Crippen molar-refractivity contribution in [2.24, 2.45) is 13.0 Å². The molecule has 1 rings (SSSR count). The summed E-state index contributed by atoms with van der Waals surface area (Å²) in [7, 11) is 1.90. The van der Waals surface area contributed by atoms with E-state index < -0.39 is 0 Å². The van der Waals surface area contributed by atoms with E-state index in [4.69, 9.17) is 0 Å². The molecule has 0 aliphatic heterocycles. The van der Waals surface area contributed by atoms with Crippen molar-refractivity contribution < 1.29 is 0 Å². The topological polar surface area (TPSA) is 42.7 Å². The standard InChI is InChI=1S/C11H22N4/c1-9(2)12-6-5-10(3)7-11-8-15(4)14-13-11/h8-10,12H,5-7H2,1-4H3. The third kappa shape index (κ3) is 4.93. The molecule has 1 aromatic heterocycles. The first kappa shape index (κ1) is 12.2. The van der Waals surface area contributed by atoms with Crippen molar-refractivity contribution >= 4 is 0 Å². The molecule has 0 aliphatic carbocycles. The lowest BCUT2D eigenvalue weighted by Crippen LogP contribution is -2.25. The van der Waals surface area contributed by atoms with E-state index in [2.05, 4.69) is 36.4 Å². The first-order valence-corrected chi connectivity index (χ1v) is 5.66. The Morgan fingerprint density at radius 1 is 1.40 bits per heavy atom. The van der Waals surface area contributed by atoms with E-state index in [9.17, 15) is 0 Å². The molecule has 0 saturated carbocycles. The molecule has 4 nitrogen and oxygen atoms in total. The fourth-order valence-electron chi connectivity index (χ4n) is 1.57. The minimum Gasteiger partial charge on any atom is -0.315 e. The molecule has 1 N–H and O–H groups in total. The highest BCUT2D eigenvalue weighted by Crippen LogP contribution is 2.08. The lowest BCUT2D eigenvalue weighted by atomic mass is 10.0. The van der Waals surface area contributed by atoms with E-state index in [1.807, 2.05) is 13.2 Å². The van der Waals surface area contributed by atoms with Crippen LogP contribution in [0.2, 0.25) is 0 Å². The van der Waals surface area contributed by atoms with Gasteiger partial charge in [-0.1, -0.05) is 26.0 Å². The Hall–Kier alpha value is -0.900. The quantitative estimate of drug-likeness (QED) is 0.771. The van der Waals surface area contributed by atoms with Crippen LogP contribution < -0.4 is 5.32 Å². The summed E-state index contributed by atoms with van der Waals surface area (Å²) in [6.45, 7) is 7.69. The molecular weight excluding hydrogens is 188 g/mol. The van der Waals surface area contributed by atoms with Crippen LogP contribution in [0.5, 0.6) is 0 Å². The number of rotatable bonds is 6. The maximum atomic E-state index is 4.09. The van der Waals surface area contributed by atoms with E-state index in [1.54, 1.807) is 4.68 Å². The number of hydrogen-bond acceptors (Lipinski definition) is 3. The van der Waals surface area contributed by atoms with Crippen LogP contribution in [0.25, 0.3) is 0 Å². The molecule has 4 heteroatoms. The molecule has 1 heterocycles. The van der Waals surface area contributed by atoms with Gasteiger partial charge >= 0.3 is 0 Å². The van der Waals surface area contributed by atoms with Gasteiger partial charge in [0.15, 0.2) is 0 Å². The van der Waals surface area contributed by atoms with Crippen molar-refractivity contribution in [2.75, 3.05) is 6.54 Å². The smallest absolute Gasteiger partial charge is 0.0829 e. The van der Waals surface area contributed by atoms with Crippen molar-refractivity contribution in [1.82, 2.24) is 20.3 Å². The number of aryl methyl sites for hydroxylation is 1. The van der Waals surface area contributed by atoms with Gasteiger partial charge in [0, 0.05) is 19.3 Å². The van der Waals surface area contributed by atoms with Crippen LogP contribution in [0.4, 0.5) is 0 Å². The molecule has 0 aliphatic rings. The molecule has 1 aromatic rings. The van der Waals surface area contributed by atoms with Gasteiger partial charge in [0.25, 0.3) is 0 Å². The van der Waals surface area contributed by atoms with Crippen LogP contribution in [0.1, 0.15) is 32.9 Å². The third-order valence-corrected chi connectivity index (χ3v) is 2.40. The van der Waals surface area contributed by atoms with E-state index in [0.29, 0.717) is 12.0 Å². The monoisotopic (exact) mass is 210 g/mol. The largest absolute Gasteiger partial charge is 0.315 e. The summed E-state index contributed by atoms with van der Waals surface area (Å²) in [6.07, 6.45) is 4.20. The van der Waals surface area contributed by atoms with Gasteiger partial charge in [-0.15, -0.1) is 5.10 Å². The van der Waals surface area contributed by atoms with Crippen molar-refractivity contribution in [1.29, 1.82) is 0 Å². The van der Waals surface area contributed by atoms with Gasteiger partial charge < -0.3 is 5.32 Å². The molecule has 0 fully saturated rings. The Balaban J connectivity index is 2.21. The Labute approximate surface area is 92.1 Å². The van der Waals surface area contributed by atoms with E-state index in [-0.39, 0.29) is 0 Å². The van der Waals surface area contributed by atoms with E-state index in [0.717, 1.165) is 18.7 Å². The summed E-state index contributed by atoms with van der Waals surface area (Å²) in [6, 6.07) is 0.578. The van der Waals surface area contributed by atoms with E-state index >= 15 is 0 Å². The van der Waals surface area contributed by atoms with Gasteiger partial charge in [0.05, 0.1) is 5.69 Å². The Morgan fingerprint density at radius 2 is 2.13 bits per heavy atom. The fourth-order valence-corrected chi connectivity index (χ4v) is 1.57. The summed E-state index contributed by atoms with van der Waals surface area (Å²) in [4.78, 5) is 0. The second-order valence-electron chi connectivity index (χ2n) is 4.59. The highest BCUT2D eigenvalue weighted by atomic mass is 15.4. The Bertz CT molecular complexity index is 280. The Morgan fingerprint density at radius 3 is 2.67 bits per heavy atom. The normalized spacial score (nSPS) is 13.4. The molecule has 0 saturated heterocycles. The zero-order valence-electron chi connectivity index (χ0n) is 10.2. The number of hydrogen-bond donors (Lipinski definition) is 1. The van der Waals surface area contributed by atoms with Gasteiger partial charge in [-0.25, -0.2) is 0 Å². The molecule has 0 amide bonds. The van der Waals surface area contributed by atoms with Crippen LogP contribution in [-0.2, 0) is 13.5 Å². The predicted octanol–water partition coefficient (Wildman–Crippen LogP) is 1.38. The molecule has 0 radical (unpaired) electrons. The lowest BCUT2D eigenvalue weighted by molar-refractivity contribution is 0.472. The maximum Gasteiger partial charge on any atom is 0.0829 e. The van der Waals surface area contributed by atoms with Gasteiger partial charge in [-0.05, 0) is 25.3 Å². The molecule has 1 atom stereocenters. The van der Waals surface area contributed by atoms with Crippen molar-refractivity contribution in [3.05, 3.63) is 11.9 Å². The first-order valence-electron chi connectivity index (χ1n) is 5.66. The zero-order valence-corrected chi connectivity index (χ0v) is 10.2. The molecule has 86 valence electrons. The van der Waals surface area contributed by atoms with Gasteiger partial charge in [-0.2, -0.15) is 0 Å². The predicted molar refractivity (Wildman–Crippen MR) is 61.6 cm³/mol. The lowest BCUT2D eigenvalue weighted by Gasteiger charge is -2.12. The molecular formula is C11H22N4. The highest BCUT2D eigenvalue weighted by Gasteiger charge is 2.06. The van der Waals surface area contributed by atoms with E-state index in [1.165, 1.54) is 6.42 Å². The van der Waals surface area contributed by atoms with Gasteiger partial charge in [0.1, 0.15) is 0 Å². The SMILES string of the molecule is CC(CCNC(C)C)Cc1cn(C)nn1. The Kier molecular flexibility index (Phi) is 4.75. The summed E-state index contributed by atoms with van der Waals surface area (Å²) < 4.78 is 1.76. The van der Waals surface area contributed by atoms with Crippen LogP contribution in [0.3, 0.4) is 0 Å². The van der Waals surface area contributed by atoms with Crippen LogP contribution in [0, 0.1) is 5.92 Å². The zero-order chi connectivity index (χ0) is 11.3. The van der Waals surface area contributed by atoms with Crippen molar-refractivity contribution in [3.63, 3.8) is 0 Å². The summed E-state index contributed by atoms with van der Waals surface area (Å²) in [5.41, 5.74) is 1.09. The maximum absolute atomic E-state index is 4.09. The van der Waals surface area contributed by atoms with Gasteiger partial charge in [0.2, 0.25) is 0 Å². The number of nitrogens with zero attached hydrogens (tertiary/aromatic N) is 3. The minimum atomic E-state index is 0.578. The number of nitrogens with one attached hydrogen (secondary N) is 1. The second kappa shape index (κ2) is 5.85. The first-order chi connectivity index (χ1) is 7.08. The third-order valence-electron chi connectivity index (χ3n) is 2.40. The average Bonchev–Trinajstić information content (AvgIpc) is 2.50. The van der Waals surface area contributed by atoms with Crippen molar-refractivity contribution in [3.8, 4) is 0 Å². The molecule has 0 bridgehead atoms. The van der Waals surface area contributed by atoms with Gasteiger partial charge in [-0.3, -0.25) is 4.68 Å². The fraction of sp³-hybridized carbons (Fsp3) is 0.818. The summed E-state index contributed by atoms with van der Waals surface area (Å²) in [5.74, 6) is 0.660. The molecule has 15 heavy (non-hydrogen) atoms. The van der Waals surface area contributed by atoms with Crippen molar-refractivity contribution in [2.45, 2.75) is 39.7 Å². The summed E-state index contributed by atoms with van der Waals surface area (Å²) >= 11 is 0. The second-order valence-corrected chi connectivity index (χ2v) is 4.59. The number of aromatic nitrogens is 3. The minimum absolute atomic E-state index is 0.578.